The van der Waals surface area contributed by atoms with Gasteiger partial charge in [0.1, 0.15) is 0 Å². The van der Waals surface area contributed by atoms with Gasteiger partial charge in [-0.05, 0) is 46.4 Å². The normalized spacial score (nSPS) is 19.0. The fraction of sp³-hybridized carbons (Fsp3) is 0.176. The molecule has 1 aliphatic carbocycles. The highest BCUT2D eigenvalue weighted by Crippen LogP contribution is 2.35. The molecule has 1 heteroatoms. The molecular formula is C17H15Cl. The van der Waals surface area contributed by atoms with Gasteiger partial charge in [-0.3, -0.25) is 0 Å². The van der Waals surface area contributed by atoms with Gasteiger partial charge in [0, 0.05) is 5.02 Å². The maximum absolute atomic E-state index is 6.25. The summed E-state index contributed by atoms with van der Waals surface area (Å²) in [5.41, 5.74) is 2.66. The van der Waals surface area contributed by atoms with Gasteiger partial charge < -0.3 is 0 Å². The van der Waals surface area contributed by atoms with Crippen molar-refractivity contribution in [2.75, 3.05) is 0 Å². The lowest BCUT2D eigenvalue weighted by Gasteiger charge is -2.19. The van der Waals surface area contributed by atoms with E-state index in [1.807, 2.05) is 6.07 Å². The van der Waals surface area contributed by atoms with Crippen LogP contribution >= 0.6 is 11.6 Å². The molecular weight excluding hydrogens is 240 g/mol. The SMILES string of the molecule is CC1CC=CC=C1c1cc(Cl)cc2ccccc12. The summed E-state index contributed by atoms with van der Waals surface area (Å²) in [6.07, 6.45) is 7.69. The first kappa shape index (κ1) is 11.6. The zero-order valence-electron chi connectivity index (χ0n) is 10.4. The first-order chi connectivity index (χ1) is 8.75. The van der Waals surface area contributed by atoms with Crippen molar-refractivity contribution >= 4 is 27.9 Å². The molecule has 0 amide bonds. The third-order valence-corrected chi connectivity index (χ3v) is 3.79. The van der Waals surface area contributed by atoms with Crippen LogP contribution in [0.4, 0.5) is 0 Å². The Morgan fingerprint density at radius 1 is 1.17 bits per heavy atom. The highest BCUT2D eigenvalue weighted by atomic mass is 35.5. The second kappa shape index (κ2) is 4.62. The fourth-order valence-corrected chi connectivity index (χ4v) is 2.84. The van der Waals surface area contributed by atoms with E-state index in [4.69, 9.17) is 11.6 Å². The van der Waals surface area contributed by atoms with Gasteiger partial charge in [0.15, 0.2) is 0 Å². The van der Waals surface area contributed by atoms with E-state index in [-0.39, 0.29) is 0 Å². The van der Waals surface area contributed by atoms with Crippen molar-refractivity contribution in [2.24, 2.45) is 5.92 Å². The van der Waals surface area contributed by atoms with Crippen molar-refractivity contribution in [3.63, 3.8) is 0 Å². The summed E-state index contributed by atoms with van der Waals surface area (Å²) in [7, 11) is 0. The molecule has 0 aliphatic heterocycles. The third-order valence-electron chi connectivity index (χ3n) is 3.57. The van der Waals surface area contributed by atoms with Crippen molar-refractivity contribution < 1.29 is 0 Å². The van der Waals surface area contributed by atoms with Gasteiger partial charge in [-0.2, -0.15) is 0 Å². The number of fused-ring (bicyclic) bond motifs is 1. The first-order valence-electron chi connectivity index (χ1n) is 6.31. The molecule has 2 aromatic rings. The Hall–Kier alpha value is -1.53. The molecule has 18 heavy (non-hydrogen) atoms. The molecule has 0 aromatic heterocycles. The van der Waals surface area contributed by atoms with Gasteiger partial charge in [0.2, 0.25) is 0 Å². The highest BCUT2D eigenvalue weighted by Gasteiger charge is 2.15. The molecule has 1 atom stereocenters. The summed E-state index contributed by atoms with van der Waals surface area (Å²) in [5.74, 6) is 0.553. The summed E-state index contributed by atoms with van der Waals surface area (Å²) in [6.45, 7) is 2.27. The molecule has 1 unspecified atom stereocenters. The minimum atomic E-state index is 0.553. The van der Waals surface area contributed by atoms with E-state index >= 15 is 0 Å². The standard InChI is InChI=1S/C17H15Cl/c1-12-6-2-4-8-15(12)17-11-14(18)10-13-7-3-5-9-16(13)17/h2-5,7-12H,6H2,1H3. The molecule has 0 saturated heterocycles. The average molecular weight is 255 g/mol. The Morgan fingerprint density at radius 3 is 2.83 bits per heavy atom. The lowest BCUT2D eigenvalue weighted by atomic mass is 9.86. The van der Waals surface area contributed by atoms with Crippen molar-refractivity contribution in [1.82, 2.24) is 0 Å². The topological polar surface area (TPSA) is 0 Å². The van der Waals surface area contributed by atoms with E-state index in [2.05, 4.69) is 55.5 Å². The van der Waals surface area contributed by atoms with Gasteiger partial charge in [-0.25, -0.2) is 0 Å². The number of benzene rings is 2. The van der Waals surface area contributed by atoms with Crippen LogP contribution in [0.1, 0.15) is 18.9 Å². The molecule has 3 rings (SSSR count). The molecule has 0 fully saturated rings. The largest absolute Gasteiger partial charge is 0.0843 e. The van der Waals surface area contributed by atoms with Crippen LogP contribution in [-0.2, 0) is 0 Å². The van der Waals surface area contributed by atoms with Gasteiger partial charge in [0.25, 0.3) is 0 Å². The minimum Gasteiger partial charge on any atom is -0.0843 e. The predicted molar refractivity (Wildman–Crippen MR) is 79.9 cm³/mol. The zero-order valence-corrected chi connectivity index (χ0v) is 11.1. The van der Waals surface area contributed by atoms with Crippen LogP contribution < -0.4 is 0 Å². The van der Waals surface area contributed by atoms with E-state index < -0.39 is 0 Å². The maximum atomic E-state index is 6.25. The highest BCUT2D eigenvalue weighted by molar-refractivity contribution is 6.31. The molecule has 0 heterocycles. The third kappa shape index (κ3) is 1.97. The Kier molecular flexibility index (Phi) is 2.97. The molecule has 0 bridgehead atoms. The number of rotatable bonds is 1. The lowest BCUT2D eigenvalue weighted by molar-refractivity contribution is 0.759. The smallest absolute Gasteiger partial charge is 0.0418 e. The Labute approximate surface area is 113 Å². The van der Waals surface area contributed by atoms with Crippen molar-refractivity contribution in [1.29, 1.82) is 0 Å². The Morgan fingerprint density at radius 2 is 2.00 bits per heavy atom. The van der Waals surface area contributed by atoms with E-state index in [1.165, 1.54) is 21.9 Å². The molecule has 0 N–H and O–H groups in total. The van der Waals surface area contributed by atoms with E-state index in [0.717, 1.165) is 11.4 Å². The Bertz CT molecular complexity index is 650. The number of halogens is 1. The molecule has 0 spiro atoms. The molecule has 0 nitrogen and oxygen atoms in total. The van der Waals surface area contributed by atoms with E-state index in [9.17, 15) is 0 Å². The van der Waals surface area contributed by atoms with Gasteiger partial charge >= 0.3 is 0 Å². The van der Waals surface area contributed by atoms with Crippen LogP contribution in [0, 0.1) is 5.92 Å². The Balaban J connectivity index is 2.28. The first-order valence-corrected chi connectivity index (χ1v) is 6.69. The van der Waals surface area contributed by atoms with Gasteiger partial charge in [-0.1, -0.05) is 61.0 Å². The van der Waals surface area contributed by atoms with Crippen LogP contribution in [0.5, 0.6) is 0 Å². The molecule has 0 saturated carbocycles. The van der Waals surface area contributed by atoms with E-state index in [1.54, 1.807) is 0 Å². The fourth-order valence-electron chi connectivity index (χ4n) is 2.61. The van der Waals surface area contributed by atoms with Crippen molar-refractivity contribution in [3.05, 3.63) is 65.2 Å². The number of hydrogen-bond acceptors (Lipinski definition) is 0. The molecule has 2 aromatic carbocycles. The molecule has 90 valence electrons. The van der Waals surface area contributed by atoms with E-state index in [0.29, 0.717) is 5.92 Å². The van der Waals surface area contributed by atoms with Crippen molar-refractivity contribution in [2.45, 2.75) is 13.3 Å². The molecule has 1 aliphatic rings. The van der Waals surface area contributed by atoms with Gasteiger partial charge in [0.05, 0.1) is 0 Å². The molecule has 0 radical (unpaired) electrons. The summed E-state index contributed by atoms with van der Waals surface area (Å²) in [4.78, 5) is 0. The van der Waals surface area contributed by atoms with Crippen LogP contribution in [0.2, 0.25) is 5.02 Å². The minimum absolute atomic E-state index is 0.553. The predicted octanol–water partition coefficient (Wildman–Crippen LogP) is 5.47. The maximum Gasteiger partial charge on any atom is 0.0418 e. The summed E-state index contributed by atoms with van der Waals surface area (Å²) >= 11 is 6.25. The lowest BCUT2D eigenvalue weighted by Crippen LogP contribution is -2.01. The quantitative estimate of drug-likeness (QED) is 0.633. The van der Waals surface area contributed by atoms with Crippen LogP contribution in [0.3, 0.4) is 0 Å². The van der Waals surface area contributed by atoms with Crippen LogP contribution in [-0.4, -0.2) is 0 Å². The monoisotopic (exact) mass is 254 g/mol. The second-order valence-electron chi connectivity index (χ2n) is 4.86. The summed E-state index contributed by atoms with van der Waals surface area (Å²) in [5, 5.41) is 3.31. The second-order valence-corrected chi connectivity index (χ2v) is 5.30. The average Bonchev–Trinajstić information content (AvgIpc) is 2.38. The van der Waals surface area contributed by atoms with Gasteiger partial charge in [-0.15, -0.1) is 0 Å². The van der Waals surface area contributed by atoms with Crippen molar-refractivity contribution in [3.8, 4) is 0 Å². The zero-order chi connectivity index (χ0) is 12.5. The summed E-state index contributed by atoms with van der Waals surface area (Å²) in [6, 6.07) is 12.6. The summed E-state index contributed by atoms with van der Waals surface area (Å²) < 4.78 is 0. The van der Waals surface area contributed by atoms with Crippen LogP contribution in [0.15, 0.2) is 54.6 Å². The number of hydrogen-bond donors (Lipinski definition) is 0. The van der Waals surface area contributed by atoms with Crippen LogP contribution in [0.25, 0.3) is 16.3 Å². The number of allylic oxidation sites excluding steroid dienone is 4.